The number of aryl methyl sites for hydroxylation is 1. The van der Waals surface area contributed by atoms with E-state index < -0.39 is 5.97 Å². The number of carboxylic acids is 1. The fraction of sp³-hybridized carbons (Fsp3) is 0.136. The second-order valence-electron chi connectivity index (χ2n) is 6.77. The third kappa shape index (κ3) is 4.22. The van der Waals surface area contributed by atoms with Crippen LogP contribution in [0.1, 0.15) is 18.4 Å². The van der Waals surface area contributed by atoms with Gasteiger partial charge in [0, 0.05) is 12.0 Å². The number of aromatic nitrogens is 3. The van der Waals surface area contributed by atoms with Crippen LogP contribution in [-0.4, -0.2) is 31.1 Å². The summed E-state index contributed by atoms with van der Waals surface area (Å²) < 4.78 is 0. The average Bonchev–Trinajstić information content (AvgIpc) is 3.06. The fourth-order valence-corrected chi connectivity index (χ4v) is 3.50. The van der Waals surface area contributed by atoms with Gasteiger partial charge in [0.25, 0.3) is 6.01 Å². The van der Waals surface area contributed by atoms with Crippen LogP contribution in [0, 0.1) is 0 Å². The monoisotopic (exact) mass is 407 g/mol. The number of nitrogens with zero attached hydrogens (tertiary/aromatic N) is 2. The molecule has 0 aliphatic carbocycles. The molecule has 0 aliphatic heterocycles. The van der Waals surface area contributed by atoms with Gasteiger partial charge in [-0.2, -0.15) is 4.98 Å². The Labute approximate surface area is 171 Å². The van der Waals surface area contributed by atoms with Crippen molar-refractivity contribution >= 4 is 28.7 Å². The molecule has 4 aromatic rings. The number of carboxylic acid groups (broad SMARTS) is 1. The lowest BCUT2D eigenvalue weighted by atomic mass is 10.00. The van der Waals surface area contributed by atoms with E-state index in [1.54, 1.807) is 6.07 Å². The third-order valence-corrected chi connectivity index (χ3v) is 5.00. The van der Waals surface area contributed by atoms with Crippen molar-refractivity contribution in [2.24, 2.45) is 0 Å². The molecule has 146 valence electrons. The second-order valence-corrected chi connectivity index (χ2v) is 7.18. The van der Waals surface area contributed by atoms with Gasteiger partial charge >= 0.3 is 5.97 Å². The van der Waals surface area contributed by atoms with Crippen molar-refractivity contribution in [2.75, 3.05) is 0 Å². The summed E-state index contributed by atoms with van der Waals surface area (Å²) >= 11 is 6.35. The number of rotatable bonds is 6. The average molecular weight is 408 g/mol. The van der Waals surface area contributed by atoms with E-state index in [-0.39, 0.29) is 12.4 Å². The third-order valence-electron chi connectivity index (χ3n) is 4.72. The number of imidazole rings is 1. The molecular weight excluding hydrogens is 390 g/mol. The first-order valence-electron chi connectivity index (χ1n) is 9.16. The number of hydrogen-bond donors (Lipinski definition) is 3. The van der Waals surface area contributed by atoms with Gasteiger partial charge in [0.15, 0.2) is 5.65 Å². The number of aromatic amines is 1. The summed E-state index contributed by atoms with van der Waals surface area (Å²) in [5.41, 5.74) is 5.70. The lowest BCUT2D eigenvalue weighted by molar-refractivity contribution is -0.137. The number of aromatic hydroxyl groups is 1. The van der Waals surface area contributed by atoms with Crippen LogP contribution in [0.2, 0.25) is 5.02 Å². The summed E-state index contributed by atoms with van der Waals surface area (Å²) in [6.45, 7) is 0. The molecule has 3 N–H and O–H groups in total. The van der Waals surface area contributed by atoms with Gasteiger partial charge in [0.2, 0.25) is 0 Å². The molecule has 0 fully saturated rings. The SMILES string of the molecule is O=C(O)CCCc1ccc(-c2ccc(-c3nc4nc(O)[nH]c4cc3Cl)cc2)cc1. The molecule has 29 heavy (non-hydrogen) atoms. The van der Waals surface area contributed by atoms with Crippen LogP contribution in [0.5, 0.6) is 6.01 Å². The highest BCUT2D eigenvalue weighted by Crippen LogP contribution is 2.31. The maximum absolute atomic E-state index is 10.6. The minimum Gasteiger partial charge on any atom is -0.481 e. The fourth-order valence-electron chi connectivity index (χ4n) is 3.24. The molecule has 0 atom stereocenters. The lowest BCUT2D eigenvalue weighted by Gasteiger charge is -2.07. The van der Waals surface area contributed by atoms with Crippen molar-refractivity contribution in [3.8, 4) is 28.4 Å². The Morgan fingerprint density at radius 1 is 0.966 bits per heavy atom. The summed E-state index contributed by atoms with van der Waals surface area (Å²) in [7, 11) is 0. The maximum Gasteiger partial charge on any atom is 0.303 e. The van der Waals surface area contributed by atoms with E-state index in [0.717, 1.165) is 28.7 Å². The van der Waals surface area contributed by atoms with Crippen LogP contribution in [-0.2, 0) is 11.2 Å². The Bertz CT molecular complexity index is 1170. The summed E-state index contributed by atoms with van der Waals surface area (Å²) in [6.07, 6.45) is 1.57. The Morgan fingerprint density at radius 2 is 1.59 bits per heavy atom. The van der Waals surface area contributed by atoms with E-state index in [4.69, 9.17) is 16.7 Å². The Balaban J connectivity index is 1.53. The second kappa shape index (κ2) is 7.93. The van der Waals surface area contributed by atoms with Gasteiger partial charge in [-0.25, -0.2) is 4.98 Å². The lowest BCUT2D eigenvalue weighted by Crippen LogP contribution is -1.95. The van der Waals surface area contributed by atoms with Crippen molar-refractivity contribution < 1.29 is 15.0 Å². The molecule has 0 spiro atoms. The number of carbonyl (C=O) groups is 1. The van der Waals surface area contributed by atoms with Crippen LogP contribution >= 0.6 is 11.6 Å². The molecule has 0 aliphatic rings. The molecule has 2 aromatic carbocycles. The van der Waals surface area contributed by atoms with Crippen molar-refractivity contribution in [1.29, 1.82) is 0 Å². The molecule has 0 unspecified atom stereocenters. The zero-order valence-corrected chi connectivity index (χ0v) is 16.1. The van der Waals surface area contributed by atoms with E-state index in [1.807, 2.05) is 48.5 Å². The minimum atomic E-state index is -0.764. The number of halogens is 1. The summed E-state index contributed by atoms with van der Waals surface area (Å²) in [6, 6.07) is 17.5. The van der Waals surface area contributed by atoms with Crippen LogP contribution < -0.4 is 0 Å². The standard InChI is InChI=1S/C22H18ClN3O3/c23-17-12-18-21(26-22(29)24-18)25-20(17)16-10-8-15(9-11-16)14-6-4-13(5-7-14)2-1-3-19(27)28/h4-12H,1-3H2,(H,27,28)(H2,24,25,26,29). The molecule has 0 amide bonds. The van der Waals surface area contributed by atoms with Crippen LogP contribution in [0.25, 0.3) is 33.5 Å². The van der Waals surface area contributed by atoms with E-state index in [2.05, 4.69) is 15.0 Å². The van der Waals surface area contributed by atoms with Crippen molar-refractivity contribution in [2.45, 2.75) is 19.3 Å². The van der Waals surface area contributed by atoms with Gasteiger partial charge in [-0.1, -0.05) is 60.1 Å². The van der Waals surface area contributed by atoms with Gasteiger partial charge < -0.3 is 15.2 Å². The number of fused-ring (bicyclic) bond motifs is 1. The Kier molecular flexibility index (Phi) is 5.18. The number of H-pyrrole nitrogens is 1. The Hall–Kier alpha value is -3.38. The number of aliphatic carboxylic acids is 1. The molecule has 4 rings (SSSR count). The molecule has 6 nitrogen and oxygen atoms in total. The Morgan fingerprint density at radius 3 is 2.24 bits per heavy atom. The molecule has 0 radical (unpaired) electrons. The number of nitrogens with one attached hydrogen (secondary N) is 1. The number of benzene rings is 2. The number of pyridine rings is 1. The highest BCUT2D eigenvalue weighted by atomic mass is 35.5. The van der Waals surface area contributed by atoms with Gasteiger partial charge in [0.05, 0.1) is 16.2 Å². The quantitative estimate of drug-likeness (QED) is 0.415. The molecular formula is C22H18ClN3O3. The summed E-state index contributed by atoms with van der Waals surface area (Å²) in [5, 5.41) is 18.7. The predicted octanol–water partition coefficient (Wildman–Crippen LogP) is 5.06. The first kappa shape index (κ1) is 19.0. The van der Waals surface area contributed by atoms with Gasteiger partial charge in [-0.3, -0.25) is 4.79 Å². The zero-order valence-electron chi connectivity index (χ0n) is 15.4. The first-order chi connectivity index (χ1) is 14.0. The largest absolute Gasteiger partial charge is 0.481 e. The van der Waals surface area contributed by atoms with Crippen molar-refractivity contribution in [1.82, 2.24) is 15.0 Å². The maximum atomic E-state index is 10.6. The van der Waals surface area contributed by atoms with E-state index in [1.165, 1.54) is 0 Å². The molecule has 2 heterocycles. The van der Waals surface area contributed by atoms with E-state index in [9.17, 15) is 9.90 Å². The molecule has 0 saturated heterocycles. The normalized spacial score (nSPS) is 11.1. The minimum absolute atomic E-state index is 0.184. The molecule has 2 aromatic heterocycles. The molecule has 7 heteroatoms. The van der Waals surface area contributed by atoms with Crippen LogP contribution in [0.15, 0.2) is 54.6 Å². The zero-order chi connectivity index (χ0) is 20.4. The summed E-state index contributed by atoms with van der Waals surface area (Å²) in [4.78, 5) is 21.7. The van der Waals surface area contributed by atoms with Crippen LogP contribution in [0.4, 0.5) is 0 Å². The van der Waals surface area contributed by atoms with Crippen molar-refractivity contribution in [3.05, 3.63) is 65.2 Å². The van der Waals surface area contributed by atoms with E-state index >= 15 is 0 Å². The smallest absolute Gasteiger partial charge is 0.303 e. The number of hydrogen-bond acceptors (Lipinski definition) is 4. The van der Waals surface area contributed by atoms with Gasteiger partial charge in [-0.15, -0.1) is 0 Å². The molecule has 0 saturated carbocycles. The predicted molar refractivity (Wildman–Crippen MR) is 112 cm³/mol. The van der Waals surface area contributed by atoms with Crippen molar-refractivity contribution in [3.63, 3.8) is 0 Å². The topological polar surface area (TPSA) is 99.1 Å². The van der Waals surface area contributed by atoms with Gasteiger partial charge in [-0.05, 0) is 35.6 Å². The summed E-state index contributed by atoms with van der Waals surface area (Å²) in [5.74, 6) is -0.764. The molecule has 0 bridgehead atoms. The first-order valence-corrected chi connectivity index (χ1v) is 9.54. The highest BCUT2D eigenvalue weighted by molar-refractivity contribution is 6.33. The van der Waals surface area contributed by atoms with Gasteiger partial charge in [0.1, 0.15) is 0 Å². The van der Waals surface area contributed by atoms with E-state index in [0.29, 0.717) is 28.3 Å². The highest BCUT2D eigenvalue weighted by Gasteiger charge is 2.11. The van der Waals surface area contributed by atoms with Crippen LogP contribution in [0.3, 0.4) is 0 Å².